The van der Waals surface area contributed by atoms with Crippen LogP contribution in [0.4, 0.5) is 9.18 Å². The van der Waals surface area contributed by atoms with Crippen molar-refractivity contribution in [3.05, 3.63) is 47.8 Å². The van der Waals surface area contributed by atoms with E-state index < -0.39 is 42.3 Å². The first-order valence-corrected chi connectivity index (χ1v) is 10.4. The van der Waals surface area contributed by atoms with E-state index in [9.17, 15) is 24.2 Å². The molecule has 2 atom stereocenters. The number of rotatable bonds is 12. The van der Waals surface area contributed by atoms with Gasteiger partial charge >= 0.3 is 30.9 Å². The van der Waals surface area contributed by atoms with Crippen LogP contribution in [0.15, 0.2) is 47.2 Å². The maximum atomic E-state index is 14.4. The summed E-state index contributed by atoms with van der Waals surface area (Å²) in [6.07, 6.45) is 0.836. The largest absolute Gasteiger partial charge is 1.00 e. The molecule has 0 heterocycles. The van der Waals surface area contributed by atoms with Crippen LogP contribution in [0, 0.1) is 17.8 Å². The van der Waals surface area contributed by atoms with E-state index in [2.05, 4.69) is 10.3 Å². The van der Waals surface area contributed by atoms with Crippen LogP contribution in [0.1, 0.15) is 46.1 Å². The second-order valence-electron chi connectivity index (χ2n) is 8.22. The molecule has 0 aliphatic heterocycles. The number of aliphatic carboxylic acids is 1. The monoisotopic (exact) mass is 442 g/mol. The van der Waals surface area contributed by atoms with Gasteiger partial charge < -0.3 is 20.3 Å². The second-order valence-corrected chi connectivity index (χ2v) is 8.22. The van der Waals surface area contributed by atoms with E-state index in [-0.39, 0.29) is 43.7 Å². The number of aliphatic imine (C=N–C) groups is 1. The fraction of sp³-hybridized carbons (Fsp3) is 0.522. The van der Waals surface area contributed by atoms with Crippen LogP contribution in [0.2, 0.25) is 0 Å². The van der Waals surface area contributed by atoms with Gasteiger partial charge in [0.2, 0.25) is 0 Å². The Kier molecular flexibility index (Phi) is 14.4. The van der Waals surface area contributed by atoms with Crippen molar-refractivity contribution >= 4 is 18.0 Å². The third-order valence-corrected chi connectivity index (χ3v) is 4.30. The van der Waals surface area contributed by atoms with Crippen LogP contribution in [0.25, 0.3) is 0 Å². The summed E-state index contributed by atoms with van der Waals surface area (Å²) in [7, 11) is 0. The van der Waals surface area contributed by atoms with Crippen LogP contribution in [-0.4, -0.2) is 35.7 Å². The molecule has 1 aromatic carbocycles. The average molecular weight is 442 g/mol. The molecule has 0 saturated carbocycles. The van der Waals surface area contributed by atoms with Crippen molar-refractivity contribution in [2.45, 2.75) is 53.2 Å². The maximum Gasteiger partial charge on any atom is 1.00 e. The fourth-order valence-corrected chi connectivity index (χ4v) is 2.86. The molecular formula is C23H32FLiN2O5. The molecule has 1 rings (SSSR count). The van der Waals surface area contributed by atoms with Crippen molar-refractivity contribution in [2.24, 2.45) is 22.7 Å². The van der Waals surface area contributed by atoms with E-state index in [1.165, 1.54) is 0 Å². The summed E-state index contributed by atoms with van der Waals surface area (Å²) in [6.45, 7) is 7.02. The molecular weight excluding hydrogens is 410 g/mol. The van der Waals surface area contributed by atoms with E-state index >= 15 is 0 Å². The Morgan fingerprint density at radius 2 is 1.75 bits per heavy atom. The standard InChI is InChI=1S/C23H33FN2O5.Li/c1-15(2)10-18(21(27)26-20(22(28)29)11-16(3)4)12-19(24)13-25-23(30)31-14-17-8-6-5-7-9-17;/h5-9,12,15-16,18,20H,10-11,13-14H2,1-4H3,(H,25,30)(H,26,27)(H,28,29);/q;+1/p-1/b19-12-;/t18-,20+;/m1./s1. The van der Waals surface area contributed by atoms with Crippen LogP contribution in [-0.2, 0) is 16.1 Å². The van der Waals surface area contributed by atoms with Gasteiger partial charge in [-0.3, -0.25) is 4.99 Å². The molecule has 0 spiro atoms. The van der Waals surface area contributed by atoms with Gasteiger partial charge in [0.1, 0.15) is 18.5 Å². The molecule has 0 radical (unpaired) electrons. The van der Waals surface area contributed by atoms with Gasteiger partial charge in [-0.2, -0.15) is 0 Å². The zero-order valence-electron chi connectivity index (χ0n) is 19.5. The summed E-state index contributed by atoms with van der Waals surface area (Å²) < 4.78 is 19.4. The number of benzene rings is 1. The first-order chi connectivity index (χ1) is 14.6. The summed E-state index contributed by atoms with van der Waals surface area (Å²) in [4.78, 5) is 27.0. The van der Waals surface area contributed by atoms with Gasteiger partial charge in [-0.1, -0.05) is 58.0 Å². The number of halogens is 1. The molecule has 2 N–H and O–H groups in total. The summed E-state index contributed by atoms with van der Waals surface area (Å²) in [5.41, 5.74) is 0.798. The predicted molar refractivity (Wildman–Crippen MR) is 115 cm³/mol. The van der Waals surface area contributed by atoms with E-state index in [4.69, 9.17) is 4.74 Å². The quantitative estimate of drug-likeness (QED) is 0.281. The molecule has 0 aliphatic carbocycles. The Bertz CT molecular complexity index is 769. The Morgan fingerprint density at radius 1 is 1.16 bits per heavy atom. The van der Waals surface area contributed by atoms with Gasteiger partial charge in [0.25, 0.3) is 0 Å². The van der Waals surface area contributed by atoms with Crippen molar-refractivity contribution in [1.29, 1.82) is 0 Å². The normalized spacial score (nSPS) is 14.0. The molecule has 0 bridgehead atoms. The molecule has 0 fully saturated rings. The van der Waals surface area contributed by atoms with Crippen LogP contribution in [0.5, 0.6) is 0 Å². The number of amides is 1. The average Bonchev–Trinajstić information content (AvgIpc) is 2.69. The number of hydrogen-bond donors (Lipinski definition) is 2. The smallest absolute Gasteiger partial charge is 0.862 e. The summed E-state index contributed by atoms with van der Waals surface area (Å²) >= 11 is 0. The summed E-state index contributed by atoms with van der Waals surface area (Å²) in [5.74, 6) is -3.39. The third kappa shape index (κ3) is 12.5. The molecule has 9 heteroatoms. The second kappa shape index (κ2) is 15.5. The van der Waals surface area contributed by atoms with Gasteiger partial charge in [0.05, 0.1) is 6.54 Å². The number of ether oxygens (including phenoxy) is 1. The number of alkyl carbamates (subject to hydrolysis) is 1. The van der Waals surface area contributed by atoms with Gasteiger partial charge in [-0.25, -0.2) is 14.0 Å². The third-order valence-electron chi connectivity index (χ3n) is 4.30. The first kappa shape index (κ1) is 29.7. The van der Waals surface area contributed by atoms with Gasteiger partial charge in [-0.05, 0) is 42.2 Å². The number of carboxylic acid groups (broad SMARTS) is 1. The minimum Gasteiger partial charge on any atom is -0.862 e. The van der Waals surface area contributed by atoms with Crippen LogP contribution >= 0.6 is 0 Å². The van der Waals surface area contributed by atoms with E-state index in [0.29, 0.717) is 6.42 Å². The Hall–Kier alpha value is -2.30. The molecule has 0 aromatic heterocycles. The number of hydrogen-bond acceptors (Lipinski definition) is 5. The SMILES string of the molecule is CC(C)C[C@H](N=C([O-])[C@@H](/C=C(\F)CNC(=O)OCc1ccccc1)CC(C)C)C(=O)O.[Li+]. The van der Waals surface area contributed by atoms with Gasteiger partial charge in [-0.15, -0.1) is 0 Å². The molecule has 0 aliphatic rings. The molecule has 32 heavy (non-hydrogen) atoms. The fourth-order valence-electron chi connectivity index (χ4n) is 2.86. The summed E-state index contributed by atoms with van der Waals surface area (Å²) in [5, 5.41) is 24.1. The molecule has 0 saturated heterocycles. The Morgan fingerprint density at radius 3 is 2.28 bits per heavy atom. The maximum absolute atomic E-state index is 14.4. The minimum absolute atomic E-state index is 0. The van der Waals surface area contributed by atoms with Crippen LogP contribution in [0.3, 0.4) is 0 Å². The van der Waals surface area contributed by atoms with E-state index in [1.54, 1.807) is 12.1 Å². The minimum atomic E-state index is -1.18. The first-order valence-electron chi connectivity index (χ1n) is 10.4. The van der Waals surface area contributed by atoms with Gasteiger partial charge in [0.15, 0.2) is 0 Å². The molecule has 172 valence electrons. The summed E-state index contributed by atoms with van der Waals surface area (Å²) in [6, 6.07) is 7.89. The number of nitrogens with one attached hydrogen (secondary N) is 1. The van der Waals surface area contributed by atoms with Crippen molar-refractivity contribution in [3.8, 4) is 0 Å². The van der Waals surface area contributed by atoms with Crippen LogP contribution < -0.4 is 29.3 Å². The predicted octanol–water partition coefficient (Wildman–Crippen LogP) is 0.691. The Balaban J connectivity index is 0.00000961. The topological polar surface area (TPSA) is 111 Å². The van der Waals surface area contributed by atoms with E-state index in [1.807, 2.05) is 45.9 Å². The van der Waals surface area contributed by atoms with Crippen molar-refractivity contribution in [2.75, 3.05) is 6.54 Å². The number of carbonyl (C=O) groups is 2. The molecule has 1 amide bonds. The molecule has 7 nitrogen and oxygen atoms in total. The van der Waals surface area contributed by atoms with Gasteiger partial charge in [0, 0.05) is 5.92 Å². The number of nitrogens with zero attached hydrogens (tertiary/aromatic N) is 1. The van der Waals surface area contributed by atoms with Crippen molar-refractivity contribution in [3.63, 3.8) is 0 Å². The van der Waals surface area contributed by atoms with Crippen molar-refractivity contribution < 1.29 is 47.8 Å². The molecule has 0 unspecified atom stereocenters. The van der Waals surface area contributed by atoms with Crippen molar-refractivity contribution in [1.82, 2.24) is 5.32 Å². The Labute approximate surface area is 201 Å². The zero-order chi connectivity index (χ0) is 23.4. The number of carboxylic acids is 1. The number of carbonyl (C=O) groups excluding carboxylic acids is 1. The zero-order valence-corrected chi connectivity index (χ0v) is 19.5. The van der Waals surface area contributed by atoms with E-state index in [0.717, 1.165) is 11.6 Å². The molecule has 1 aromatic rings.